The van der Waals surface area contributed by atoms with E-state index in [1.165, 1.54) is 70.2 Å². The molecule has 0 N–H and O–H groups in total. The molecule has 1 atom stereocenters. The fourth-order valence-electron chi connectivity index (χ4n) is 6.89. The van der Waals surface area contributed by atoms with Crippen molar-refractivity contribution in [3.05, 3.63) is 117 Å². The molecular weight excluding hydrogens is 436 g/mol. The van der Waals surface area contributed by atoms with Gasteiger partial charge in [-0.15, -0.1) is 0 Å². The second kappa shape index (κ2) is 9.32. The van der Waals surface area contributed by atoms with Crippen LogP contribution in [-0.2, 0) is 44.9 Å². The summed E-state index contributed by atoms with van der Waals surface area (Å²) in [7, 11) is 0. The van der Waals surface area contributed by atoms with Crippen LogP contribution in [0, 0.1) is 0 Å². The summed E-state index contributed by atoms with van der Waals surface area (Å²) in [4.78, 5) is 9.37. The molecule has 180 valence electrons. The SMILES string of the molecule is c1ncc2cc1CCCc1ccc3cc1CCC2c1cc(c2cc1CCCc1cncc-2c1)CCC3. The van der Waals surface area contributed by atoms with Crippen molar-refractivity contribution in [2.24, 2.45) is 0 Å². The quantitative estimate of drug-likeness (QED) is 0.268. The molecule has 11 bridgehead atoms. The monoisotopic (exact) mass is 470 g/mol. The van der Waals surface area contributed by atoms with Crippen LogP contribution in [0.15, 0.2) is 67.3 Å². The summed E-state index contributed by atoms with van der Waals surface area (Å²) in [5.74, 6) is 0.385. The Bertz CT molecular complexity index is 1430. The number of hydrogen-bond acceptors (Lipinski definition) is 2. The Morgan fingerprint density at radius 2 is 1.28 bits per heavy atom. The van der Waals surface area contributed by atoms with Gasteiger partial charge in [-0.1, -0.05) is 36.4 Å². The Kier molecular flexibility index (Phi) is 5.69. The molecule has 0 amide bonds. The molecule has 1 unspecified atom stereocenters. The second-order valence-corrected chi connectivity index (χ2v) is 11.2. The van der Waals surface area contributed by atoms with Gasteiger partial charge in [0.1, 0.15) is 0 Å². The Labute approximate surface area is 214 Å². The topological polar surface area (TPSA) is 25.8 Å². The van der Waals surface area contributed by atoms with Gasteiger partial charge in [0.05, 0.1) is 0 Å². The first-order valence-corrected chi connectivity index (χ1v) is 13.9. The lowest BCUT2D eigenvalue weighted by atomic mass is 9.79. The van der Waals surface area contributed by atoms with Gasteiger partial charge in [-0.2, -0.15) is 0 Å². The molecule has 2 heterocycles. The molecule has 0 radical (unpaired) electrons. The first-order valence-electron chi connectivity index (χ1n) is 13.9. The molecule has 4 aromatic rings. The number of fused-ring (bicyclic) bond motifs is 16. The van der Waals surface area contributed by atoms with Gasteiger partial charge in [-0.05, 0) is 132 Å². The zero-order valence-corrected chi connectivity index (χ0v) is 21.1. The van der Waals surface area contributed by atoms with Gasteiger partial charge in [0.15, 0.2) is 0 Å². The highest BCUT2D eigenvalue weighted by Crippen LogP contribution is 2.39. The van der Waals surface area contributed by atoms with Crippen LogP contribution in [0.4, 0.5) is 0 Å². The highest BCUT2D eigenvalue weighted by atomic mass is 14.6. The molecule has 2 heteroatoms. The molecule has 3 aliphatic carbocycles. The number of rotatable bonds is 0. The summed E-state index contributed by atoms with van der Waals surface area (Å²) in [6.07, 6.45) is 21.0. The largest absolute Gasteiger partial charge is 0.264 e. The van der Waals surface area contributed by atoms with Crippen molar-refractivity contribution in [1.29, 1.82) is 0 Å². The average molecular weight is 471 g/mol. The first-order chi connectivity index (χ1) is 17.8. The van der Waals surface area contributed by atoms with E-state index in [1.807, 2.05) is 0 Å². The molecule has 2 nitrogen and oxygen atoms in total. The van der Waals surface area contributed by atoms with Crippen LogP contribution in [0.1, 0.15) is 81.7 Å². The smallest absolute Gasteiger partial charge is 0.0346 e. The van der Waals surface area contributed by atoms with E-state index in [0.717, 1.165) is 44.9 Å². The third-order valence-electron chi connectivity index (χ3n) is 8.77. The molecule has 0 saturated heterocycles. The minimum atomic E-state index is 0.385. The van der Waals surface area contributed by atoms with Crippen molar-refractivity contribution in [2.45, 2.75) is 76.5 Å². The van der Waals surface area contributed by atoms with Gasteiger partial charge >= 0.3 is 0 Å². The number of nitrogens with zero attached hydrogens (tertiary/aromatic N) is 2. The zero-order valence-electron chi connectivity index (χ0n) is 21.1. The van der Waals surface area contributed by atoms with Crippen LogP contribution in [0.2, 0.25) is 0 Å². The summed E-state index contributed by atoms with van der Waals surface area (Å²) in [6.45, 7) is 0. The van der Waals surface area contributed by atoms with Gasteiger partial charge in [-0.25, -0.2) is 0 Å². The summed E-state index contributed by atoms with van der Waals surface area (Å²) in [5.41, 5.74) is 16.1. The van der Waals surface area contributed by atoms with Crippen molar-refractivity contribution in [3.8, 4) is 11.1 Å². The van der Waals surface area contributed by atoms with Gasteiger partial charge in [0, 0.05) is 36.3 Å². The molecule has 3 aliphatic rings. The van der Waals surface area contributed by atoms with Crippen LogP contribution < -0.4 is 0 Å². The van der Waals surface area contributed by atoms with Gasteiger partial charge in [0.25, 0.3) is 0 Å². The fraction of sp³-hybridized carbons (Fsp3) is 0.353. The van der Waals surface area contributed by atoms with Crippen LogP contribution in [0.25, 0.3) is 11.1 Å². The van der Waals surface area contributed by atoms with Crippen molar-refractivity contribution in [3.63, 3.8) is 0 Å². The van der Waals surface area contributed by atoms with Gasteiger partial charge in [0.2, 0.25) is 0 Å². The van der Waals surface area contributed by atoms with Crippen LogP contribution in [-0.4, -0.2) is 9.97 Å². The van der Waals surface area contributed by atoms with Crippen molar-refractivity contribution < 1.29 is 0 Å². The van der Waals surface area contributed by atoms with Gasteiger partial charge < -0.3 is 0 Å². The maximum Gasteiger partial charge on any atom is 0.0346 e. The van der Waals surface area contributed by atoms with Crippen molar-refractivity contribution >= 4 is 0 Å². The Morgan fingerprint density at radius 1 is 0.528 bits per heavy atom. The van der Waals surface area contributed by atoms with E-state index in [1.54, 1.807) is 16.7 Å². The van der Waals surface area contributed by atoms with E-state index in [9.17, 15) is 0 Å². The van der Waals surface area contributed by atoms with E-state index >= 15 is 0 Å². The summed E-state index contributed by atoms with van der Waals surface area (Å²) >= 11 is 0. The summed E-state index contributed by atoms with van der Waals surface area (Å²) in [6, 6.07) is 17.4. The predicted octanol–water partition coefficient (Wildman–Crippen LogP) is 7.37. The lowest BCUT2D eigenvalue weighted by Gasteiger charge is -2.25. The van der Waals surface area contributed by atoms with E-state index < -0.39 is 0 Å². The number of benzene rings is 2. The Hall–Kier alpha value is -3.26. The normalized spacial score (nSPS) is 18.7. The maximum absolute atomic E-state index is 4.75. The van der Waals surface area contributed by atoms with Crippen LogP contribution in [0.5, 0.6) is 0 Å². The highest BCUT2D eigenvalue weighted by Gasteiger charge is 2.24. The standard InChI is InChI=1S/C34H34N2/c1-4-23-10-11-26-7-2-5-24-15-30(21-35-19-24)32(13-12-27(26)14-23)34-18-28(8-1)33-17-29(34)9-3-6-25-16-31(33)22-36-20-25/h10-11,14-22,32H,1-9,12-13H2. The molecule has 0 aliphatic heterocycles. The Balaban J connectivity index is 1.44. The molecular formula is C34H34N2. The van der Waals surface area contributed by atoms with Crippen molar-refractivity contribution in [2.75, 3.05) is 0 Å². The molecule has 2 aromatic carbocycles. The van der Waals surface area contributed by atoms with E-state index in [0.29, 0.717) is 5.92 Å². The molecule has 7 rings (SSSR count). The van der Waals surface area contributed by atoms with E-state index in [4.69, 9.17) is 4.98 Å². The third kappa shape index (κ3) is 4.17. The second-order valence-electron chi connectivity index (χ2n) is 11.2. The molecule has 2 aromatic heterocycles. The molecule has 0 spiro atoms. The number of hydrogen-bond donors (Lipinski definition) is 0. The predicted molar refractivity (Wildman–Crippen MR) is 147 cm³/mol. The first kappa shape index (κ1) is 22.0. The van der Waals surface area contributed by atoms with E-state index in [2.05, 4.69) is 72.2 Å². The lowest BCUT2D eigenvalue weighted by Crippen LogP contribution is -2.11. The average Bonchev–Trinajstić information content (AvgIpc) is 2.93. The Morgan fingerprint density at radius 3 is 2.17 bits per heavy atom. The summed E-state index contributed by atoms with van der Waals surface area (Å²) in [5, 5.41) is 0. The van der Waals surface area contributed by atoms with E-state index in [-0.39, 0.29) is 0 Å². The minimum absolute atomic E-state index is 0.385. The van der Waals surface area contributed by atoms with Gasteiger partial charge in [-0.3, -0.25) is 9.97 Å². The summed E-state index contributed by atoms with van der Waals surface area (Å²) < 4.78 is 0. The number of pyridine rings is 2. The molecule has 0 saturated carbocycles. The van der Waals surface area contributed by atoms with Crippen LogP contribution >= 0.6 is 0 Å². The number of aromatic nitrogens is 2. The fourth-order valence-corrected chi connectivity index (χ4v) is 6.89. The van der Waals surface area contributed by atoms with Crippen LogP contribution in [0.3, 0.4) is 0 Å². The number of aryl methyl sites for hydroxylation is 7. The van der Waals surface area contributed by atoms with Crippen molar-refractivity contribution in [1.82, 2.24) is 9.97 Å². The highest BCUT2D eigenvalue weighted by molar-refractivity contribution is 5.70. The molecule has 0 fully saturated rings. The third-order valence-corrected chi connectivity index (χ3v) is 8.77. The molecule has 36 heavy (non-hydrogen) atoms. The minimum Gasteiger partial charge on any atom is -0.264 e. The maximum atomic E-state index is 4.75. The zero-order chi connectivity index (χ0) is 23.9. The lowest BCUT2D eigenvalue weighted by molar-refractivity contribution is 0.689.